The zero-order valence-corrected chi connectivity index (χ0v) is 16.7. The summed E-state index contributed by atoms with van der Waals surface area (Å²) < 4.78 is 0. The predicted molar refractivity (Wildman–Crippen MR) is 96.4 cm³/mol. The van der Waals surface area contributed by atoms with Gasteiger partial charge in [0.1, 0.15) is 0 Å². The van der Waals surface area contributed by atoms with Crippen LogP contribution in [0.5, 0.6) is 0 Å². The minimum atomic E-state index is 1.04. The fourth-order valence-electron chi connectivity index (χ4n) is 2.27. The van der Waals surface area contributed by atoms with E-state index >= 15 is 0 Å². The van der Waals surface area contributed by atoms with Crippen molar-refractivity contribution in [3.05, 3.63) is 34.4 Å². The minimum absolute atomic E-state index is 1.04. The van der Waals surface area contributed by atoms with Crippen LogP contribution in [0.3, 0.4) is 0 Å². The van der Waals surface area contributed by atoms with E-state index in [0.29, 0.717) is 0 Å². The van der Waals surface area contributed by atoms with Crippen molar-refractivity contribution in [2.45, 2.75) is 25.7 Å². The molecule has 0 aromatic heterocycles. The second-order valence-electron chi connectivity index (χ2n) is 4.10. The van der Waals surface area contributed by atoms with E-state index in [-0.39, 0.29) is 0 Å². The Morgan fingerprint density at radius 2 is 0.889 bits per heavy atom. The van der Waals surface area contributed by atoms with E-state index in [4.69, 9.17) is 0 Å². The van der Waals surface area contributed by atoms with Gasteiger partial charge in [-0.25, -0.2) is 0 Å². The lowest BCUT2D eigenvalue weighted by molar-refractivity contribution is 0.966. The molecule has 0 saturated heterocycles. The zero-order chi connectivity index (χ0) is 13.4. The maximum atomic E-state index is 3.59. The summed E-state index contributed by atoms with van der Waals surface area (Å²) in [7, 11) is 0. The molecule has 0 nitrogen and oxygen atoms in total. The Morgan fingerprint density at radius 1 is 0.556 bits per heavy atom. The average Bonchev–Trinajstić information content (AvgIpc) is 2.37. The van der Waals surface area contributed by atoms with Gasteiger partial charge in [0.05, 0.1) is 0 Å². The van der Waals surface area contributed by atoms with Crippen LogP contribution in [0.2, 0.25) is 0 Å². The van der Waals surface area contributed by atoms with Crippen LogP contribution in [0, 0.1) is 0 Å². The largest absolute Gasteiger partial charge is 0.0924 e. The van der Waals surface area contributed by atoms with E-state index in [1.165, 1.54) is 11.1 Å². The summed E-state index contributed by atoms with van der Waals surface area (Å²) in [4.78, 5) is 0. The molecule has 0 spiro atoms. The van der Waals surface area contributed by atoms with E-state index in [9.17, 15) is 0 Å². The van der Waals surface area contributed by atoms with Crippen molar-refractivity contribution < 1.29 is 0 Å². The lowest BCUT2D eigenvalue weighted by Gasteiger charge is -2.17. The quantitative estimate of drug-likeness (QED) is 0.413. The highest BCUT2D eigenvalue weighted by Crippen LogP contribution is 2.24. The maximum Gasteiger partial charge on any atom is 0.00720 e. The lowest BCUT2D eigenvalue weighted by Crippen LogP contribution is -2.07. The molecular formula is C14H18Br4. The van der Waals surface area contributed by atoms with Gasteiger partial charge in [-0.2, -0.15) is 0 Å². The predicted octanol–water partition coefficient (Wildman–Crippen LogP) is 5.44. The number of rotatable bonds is 8. The Morgan fingerprint density at radius 3 is 1.17 bits per heavy atom. The molecule has 0 saturated carbocycles. The Bertz CT molecular complexity index is 328. The standard InChI is InChI=1S/C14H18Br4/c15-7-3-11-1-2-12(4-8-16)14(6-10-18)13(11)5-9-17/h1-2H,3-10H2. The minimum Gasteiger partial charge on any atom is -0.0924 e. The summed E-state index contributed by atoms with van der Waals surface area (Å²) >= 11 is 14.3. The second kappa shape index (κ2) is 9.95. The first-order valence-electron chi connectivity index (χ1n) is 6.14. The maximum absolute atomic E-state index is 3.59. The number of aryl methyl sites for hydroxylation is 2. The zero-order valence-electron chi connectivity index (χ0n) is 10.3. The normalized spacial score (nSPS) is 10.9. The summed E-state index contributed by atoms with van der Waals surface area (Å²) in [6.07, 6.45) is 4.49. The highest BCUT2D eigenvalue weighted by molar-refractivity contribution is 9.09. The molecule has 102 valence electrons. The fourth-order valence-corrected chi connectivity index (χ4v) is 3.92. The molecule has 18 heavy (non-hydrogen) atoms. The third kappa shape index (κ3) is 4.92. The molecule has 1 aromatic rings. The van der Waals surface area contributed by atoms with Crippen LogP contribution >= 0.6 is 63.7 Å². The number of alkyl halides is 4. The summed E-state index contributed by atoms with van der Waals surface area (Å²) in [6, 6.07) is 4.63. The molecule has 0 fully saturated rings. The van der Waals surface area contributed by atoms with Crippen molar-refractivity contribution in [3.8, 4) is 0 Å². The molecule has 0 unspecified atom stereocenters. The van der Waals surface area contributed by atoms with Crippen LogP contribution in [-0.2, 0) is 25.7 Å². The van der Waals surface area contributed by atoms with Gasteiger partial charge >= 0.3 is 0 Å². The van der Waals surface area contributed by atoms with Gasteiger partial charge in [0.15, 0.2) is 0 Å². The molecule has 4 heteroatoms. The first kappa shape index (κ1) is 17.2. The van der Waals surface area contributed by atoms with Gasteiger partial charge in [-0.3, -0.25) is 0 Å². The van der Waals surface area contributed by atoms with E-state index in [2.05, 4.69) is 75.9 Å². The summed E-state index contributed by atoms with van der Waals surface area (Å²) in [5.74, 6) is 0. The molecule has 0 aliphatic rings. The van der Waals surface area contributed by atoms with Crippen molar-refractivity contribution in [1.82, 2.24) is 0 Å². The number of benzene rings is 1. The molecule has 0 N–H and O–H groups in total. The Hall–Kier alpha value is 1.14. The van der Waals surface area contributed by atoms with Crippen LogP contribution in [0.25, 0.3) is 0 Å². The highest BCUT2D eigenvalue weighted by Gasteiger charge is 2.12. The molecule has 0 aliphatic carbocycles. The van der Waals surface area contributed by atoms with Gasteiger partial charge in [-0.1, -0.05) is 75.9 Å². The molecule has 0 radical (unpaired) electrons. The van der Waals surface area contributed by atoms with Crippen LogP contribution < -0.4 is 0 Å². The van der Waals surface area contributed by atoms with Crippen molar-refractivity contribution in [1.29, 1.82) is 0 Å². The van der Waals surface area contributed by atoms with Crippen LogP contribution in [-0.4, -0.2) is 21.3 Å². The second-order valence-corrected chi connectivity index (χ2v) is 7.27. The number of hydrogen-bond acceptors (Lipinski definition) is 0. The van der Waals surface area contributed by atoms with Crippen molar-refractivity contribution in [2.75, 3.05) is 21.3 Å². The van der Waals surface area contributed by atoms with E-state index in [0.717, 1.165) is 47.0 Å². The Labute approximate surface area is 144 Å². The van der Waals surface area contributed by atoms with Gasteiger partial charge in [0.25, 0.3) is 0 Å². The third-order valence-corrected chi connectivity index (χ3v) is 4.63. The number of halogens is 4. The topological polar surface area (TPSA) is 0 Å². The van der Waals surface area contributed by atoms with Gasteiger partial charge < -0.3 is 0 Å². The summed E-state index contributed by atoms with van der Waals surface area (Å²) in [5, 5.41) is 4.15. The van der Waals surface area contributed by atoms with E-state index < -0.39 is 0 Å². The molecule has 0 bridgehead atoms. The molecule has 1 aromatic carbocycles. The van der Waals surface area contributed by atoms with Gasteiger partial charge in [0.2, 0.25) is 0 Å². The van der Waals surface area contributed by atoms with Crippen LogP contribution in [0.4, 0.5) is 0 Å². The van der Waals surface area contributed by atoms with E-state index in [1.807, 2.05) is 0 Å². The van der Waals surface area contributed by atoms with Crippen molar-refractivity contribution >= 4 is 63.7 Å². The summed E-state index contributed by atoms with van der Waals surface area (Å²) in [5.41, 5.74) is 6.12. The highest BCUT2D eigenvalue weighted by atomic mass is 79.9. The molecule has 0 atom stereocenters. The van der Waals surface area contributed by atoms with Crippen LogP contribution in [0.1, 0.15) is 22.3 Å². The Kier molecular flexibility index (Phi) is 9.51. The van der Waals surface area contributed by atoms with Crippen molar-refractivity contribution in [3.63, 3.8) is 0 Å². The fraction of sp³-hybridized carbons (Fsp3) is 0.571. The lowest BCUT2D eigenvalue weighted by atomic mass is 9.90. The molecule has 0 amide bonds. The third-order valence-electron chi connectivity index (χ3n) is 3.04. The van der Waals surface area contributed by atoms with E-state index in [1.54, 1.807) is 11.1 Å². The first-order chi connectivity index (χ1) is 8.78. The molecular weight excluding hydrogens is 488 g/mol. The monoisotopic (exact) mass is 502 g/mol. The van der Waals surface area contributed by atoms with Crippen molar-refractivity contribution in [2.24, 2.45) is 0 Å². The van der Waals surface area contributed by atoms with Gasteiger partial charge in [-0.05, 0) is 47.9 Å². The molecule has 1 rings (SSSR count). The van der Waals surface area contributed by atoms with Gasteiger partial charge in [-0.15, -0.1) is 0 Å². The SMILES string of the molecule is BrCCc1ccc(CCBr)c(CCBr)c1CCBr. The Balaban J connectivity index is 3.19. The summed E-state index contributed by atoms with van der Waals surface area (Å²) in [6.45, 7) is 0. The smallest absolute Gasteiger partial charge is 0.00720 e. The first-order valence-corrected chi connectivity index (χ1v) is 10.6. The van der Waals surface area contributed by atoms with Gasteiger partial charge in [0, 0.05) is 21.3 Å². The molecule has 0 aliphatic heterocycles. The van der Waals surface area contributed by atoms with Crippen LogP contribution in [0.15, 0.2) is 12.1 Å². The molecule has 0 heterocycles. The average molecular weight is 506 g/mol. The number of hydrogen-bond donors (Lipinski definition) is 0.